The van der Waals surface area contributed by atoms with Crippen molar-refractivity contribution in [2.24, 2.45) is 16.3 Å². The Bertz CT molecular complexity index is 443. The molecule has 0 saturated heterocycles. The molecule has 0 atom stereocenters. The fourth-order valence-corrected chi connectivity index (χ4v) is 1.55. The lowest BCUT2D eigenvalue weighted by Crippen LogP contribution is -2.46. The van der Waals surface area contributed by atoms with Crippen LogP contribution in [-0.2, 0) is 11.3 Å². The van der Waals surface area contributed by atoms with E-state index in [9.17, 15) is 4.79 Å². The lowest BCUT2D eigenvalue weighted by molar-refractivity contribution is -0.136. The van der Waals surface area contributed by atoms with Gasteiger partial charge in [0.25, 0.3) is 0 Å². The molecule has 1 rings (SSSR count). The van der Waals surface area contributed by atoms with Crippen molar-refractivity contribution in [3.8, 4) is 0 Å². The van der Waals surface area contributed by atoms with Crippen LogP contribution in [-0.4, -0.2) is 33.9 Å². The zero-order valence-electron chi connectivity index (χ0n) is 10.8. The second-order valence-electron chi connectivity index (χ2n) is 4.63. The molecule has 3 N–H and O–H groups in total. The second kappa shape index (κ2) is 5.48. The molecular weight excluding hydrogens is 232 g/mol. The van der Waals surface area contributed by atoms with Crippen molar-refractivity contribution in [1.29, 1.82) is 0 Å². The first-order valence-corrected chi connectivity index (χ1v) is 5.52. The lowest BCUT2D eigenvalue weighted by atomic mass is 9.90. The van der Waals surface area contributed by atoms with E-state index in [-0.39, 0.29) is 11.7 Å². The number of hydrogen-bond acceptors (Lipinski definition) is 4. The van der Waals surface area contributed by atoms with Gasteiger partial charge in [-0.25, -0.2) is 0 Å². The van der Waals surface area contributed by atoms with Crippen LogP contribution >= 0.6 is 0 Å². The smallest absolute Gasteiger partial charge is 0.235 e. The zero-order chi connectivity index (χ0) is 13.8. The molecule has 0 aromatic carbocycles. The highest BCUT2D eigenvalue weighted by Crippen LogP contribution is 2.19. The van der Waals surface area contributed by atoms with Crippen molar-refractivity contribution in [2.45, 2.75) is 20.4 Å². The predicted molar refractivity (Wildman–Crippen MR) is 67.9 cm³/mol. The number of amides is 1. The van der Waals surface area contributed by atoms with Crippen molar-refractivity contribution in [2.75, 3.05) is 7.05 Å². The topological polar surface area (TPSA) is 91.8 Å². The Morgan fingerprint density at radius 1 is 1.61 bits per heavy atom. The van der Waals surface area contributed by atoms with E-state index in [0.717, 1.165) is 5.56 Å². The molecule has 0 fully saturated rings. The molecule has 1 aromatic rings. The number of amidine groups is 1. The Morgan fingerprint density at radius 3 is 2.78 bits per heavy atom. The van der Waals surface area contributed by atoms with Gasteiger partial charge in [0.1, 0.15) is 5.41 Å². The van der Waals surface area contributed by atoms with Crippen molar-refractivity contribution in [3.63, 3.8) is 0 Å². The first-order chi connectivity index (χ1) is 8.39. The van der Waals surface area contributed by atoms with Crippen LogP contribution in [0.1, 0.15) is 19.4 Å². The summed E-state index contributed by atoms with van der Waals surface area (Å²) in [6.07, 6.45) is 3.37. The predicted octanol–water partition coefficient (Wildman–Crippen LogP) is 0.813. The largest absolute Gasteiger partial charge is 0.409 e. The van der Waals surface area contributed by atoms with E-state index >= 15 is 0 Å². The van der Waals surface area contributed by atoms with Gasteiger partial charge in [-0.15, -0.1) is 0 Å². The summed E-state index contributed by atoms with van der Waals surface area (Å²) in [5, 5.41) is 11.6. The van der Waals surface area contributed by atoms with E-state index in [1.807, 2.05) is 12.1 Å². The Balaban J connectivity index is 2.79. The molecule has 6 heteroatoms. The first kappa shape index (κ1) is 14.0. The van der Waals surface area contributed by atoms with Gasteiger partial charge in [0.2, 0.25) is 5.91 Å². The maximum Gasteiger partial charge on any atom is 0.235 e. The number of carbonyl (C=O) groups is 1. The molecule has 0 aliphatic rings. The monoisotopic (exact) mass is 250 g/mol. The molecule has 0 saturated carbocycles. The summed E-state index contributed by atoms with van der Waals surface area (Å²) in [6, 6.07) is 3.69. The third-order valence-corrected chi connectivity index (χ3v) is 2.77. The molecule has 1 aromatic heterocycles. The molecule has 0 aliphatic carbocycles. The molecule has 0 spiro atoms. The number of nitrogens with zero attached hydrogens (tertiary/aromatic N) is 3. The number of rotatable bonds is 4. The molecule has 18 heavy (non-hydrogen) atoms. The van der Waals surface area contributed by atoms with Crippen LogP contribution in [0.25, 0.3) is 0 Å². The summed E-state index contributed by atoms with van der Waals surface area (Å²) in [5.74, 6) is -0.327. The van der Waals surface area contributed by atoms with Gasteiger partial charge in [-0.2, -0.15) is 0 Å². The maximum atomic E-state index is 12.2. The number of carbonyl (C=O) groups excluding carboxylic acids is 1. The quantitative estimate of drug-likeness (QED) is 0.358. The van der Waals surface area contributed by atoms with Gasteiger partial charge in [-0.05, 0) is 25.5 Å². The fraction of sp³-hybridized carbons (Fsp3) is 0.417. The minimum atomic E-state index is -1.04. The molecule has 0 bridgehead atoms. The van der Waals surface area contributed by atoms with E-state index in [2.05, 4.69) is 10.1 Å². The van der Waals surface area contributed by atoms with Crippen molar-refractivity contribution < 1.29 is 10.0 Å². The second-order valence-corrected chi connectivity index (χ2v) is 4.63. The van der Waals surface area contributed by atoms with Crippen molar-refractivity contribution >= 4 is 11.7 Å². The molecule has 0 unspecified atom stereocenters. The number of oxime groups is 1. The Hall–Kier alpha value is -2.11. The van der Waals surface area contributed by atoms with E-state index < -0.39 is 5.41 Å². The van der Waals surface area contributed by atoms with E-state index in [4.69, 9.17) is 10.9 Å². The fourth-order valence-electron chi connectivity index (χ4n) is 1.55. The number of aromatic nitrogens is 1. The van der Waals surface area contributed by atoms with Crippen molar-refractivity contribution in [1.82, 2.24) is 9.88 Å². The van der Waals surface area contributed by atoms with Crippen LogP contribution in [0.2, 0.25) is 0 Å². The van der Waals surface area contributed by atoms with Gasteiger partial charge in [0.05, 0.1) is 0 Å². The van der Waals surface area contributed by atoms with Gasteiger partial charge >= 0.3 is 0 Å². The van der Waals surface area contributed by atoms with Crippen LogP contribution in [0.5, 0.6) is 0 Å². The molecular formula is C12H18N4O2. The van der Waals surface area contributed by atoms with E-state index in [1.165, 1.54) is 4.90 Å². The average Bonchev–Trinajstić information content (AvgIpc) is 2.37. The normalized spacial score (nSPS) is 12.3. The summed E-state index contributed by atoms with van der Waals surface area (Å²) in [4.78, 5) is 17.7. The third-order valence-electron chi connectivity index (χ3n) is 2.77. The maximum absolute atomic E-state index is 12.2. The van der Waals surface area contributed by atoms with Crippen molar-refractivity contribution in [3.05, 3.63) is 30.1 Å². The third kappa shape index (κ3) is 2.97. The molecule has 6 nitrogen and oxygen atoms in total. The molecule has 1 amide bonds. The number of nitrogens with two attached hydrogens (primary N) is 1. The standard InChI is InChI=1S/C12H18N4O2/c1-12(2,10(13)15-18)11(17)16(3)8-9-5-4-6-14-7-9/h4-7,18H,8H2,1-3H3,(H2,13,15). The Labute approximate surface area is 106 Å². The highest BCUT2D eigenvalue weighted by Gasteiger charge is 2.35. The van der Waals surface area contributed by atoms with Crippen LogP contribution in [0.4, 0.5) is 0 Å². The van der Waals surface area contributed by atoms with Crippen LogP contribution in [0, 0.1) is 5.41 Å². The molecule has 1 heterocycles. The zero-order valence-corrected chi connectivity index (χ0v) is 10.8. The number of hydrogen-bond donors (Lipinski definition) is 2. The SMILES string of the molecule is CN(Cc1cccnc1)C(=O)C(C)(C)C(N)=NO. The summed E-state index contributed by atoms with van der Waals surface area (Å²) >= 11 is 0. The summed E-state index contributed by atoms with van der Waals surface area (Å²) in [6.45, 7) is 3.66. The summed E-state index contributed by atoms with van der Waals surface area (Å²) < 4.78 is 0. The van der Waals surface area contributed by atoms with E-state index in [1.54, 1.807) is 33.3 Å². The average molecular weight is 250 g/mol. The molecule has 98 valence electrons. The van der Waals surface area contributed by atoms with Gasteiger partial charge < -0.3 is 15.8 Å². The molecule has 0 aliphatic heterocycles. The Morgan fingerprint density at radius 2 is 2.28 bits per heavy atom. The summed E-state index contributed by atoms with van der Waals surface area (Å²) in [5.41, 5.74) is 5.41. The van der Waals surface area contributed by atoms with Gasteiger partial charge in [0.15, 0.2) is 5.84 Å². The lowest BCUT2D eigenvalue weighted by Gasteiger charge is -2.28. The minimum Gasteiger partial charge on any atom is -0.409 e. The van der Waals surface area contributed by atoms with Crippen LogP contribution in [0.3, 0.4) is 0 Å². The van der Waals surface area contributed by atoms with Gasteiger partial charge in [-0.1, -0.05) is 11.2 Å². The Kier molecular flexibility index (Phi) is 4.25. The highest BCUT2D eigenvalue weighted by atomic mass is 16.4. The summed E-state index contributed by atoms with van der Waals surface area (Å²) in [7, 11) is 1.67. The van der Waals surface area contributed by atoms with Crippen LogP contribution < -0.4 is 5.73 Å². The van der Waals surface area contributed by atoms with Gasteiger partial charge in [0, 0.05) is 26.0 Å². The molecule has 0 radical (unpaired) electrons. The van der Waals surface area contributed by atoms with Gasteiger partial charge in [-0.3, -0.25) is 9.78 Å². The van der Waals surface area contributed by atoms with Crippen LogP contribution in [0.15, 0.2) is 29.7 Å². The highest BCUT2D eigenvalue weighted by molar-refractivity contribution is 6.05. The first-order valence-electron chi connectivity index (χ1n) is 5.52. The number of pyridine rings is 1. The minimum absolute atomic E-state index is 0.106. The van der Waals surface area contributed by atoms with E-state index in [0.29, 0.717) is 6.54 Å².